The Balaban J connectivity index is 2.20. The summed E-state index contributed by atoms with van der Waals surface area (Å²) in [5.41, 5.74) is 0.895. The molecule has 0 radical (unpaired) electrons. The van der Waals surface area contributed by atoms with Crippen molar-refractivity contribution in [2.24, 2.45) is 0 Å². The van der Waals surface area contributed by atoms with Crippen LogP contribution in [0.25, 0.3) is 11.6 Å². The molecule has 4 nitrogen and oxygen atoms in total. The van der Waals surface area contributed by atoms with E-state index in [-0.39, 0.29) is 0 Å². The third-order valence-electron chi connectivity index (χ3n) is 2.88. The molecule has 1 atom stereocenters. The van der Waals surface area contributed by atoms with Crippen LogP contribution in [0.1, 0.15) is 24.8 Å². The minimum atomic E-state index is -0.552. The van der Waals surface area contributed by atoms with Crippen molar-refractivity contribution >= 4 is 11.6 Å². The van der Waals surface area contributed by atoms with Gasteiger partial charge in [0, 0.05) is 0 Å². The normalized spacial score (nSPS) is 19.8. The molecular weight excluding hydrogens is 228 g/mol. The molecule has 16 heavy (non-hydrogen) atoms. The number of aliphatic hydroxyl groups is 1. The van der Waals surface area contributed by atoms with Gasteiger partial charge in [0.25, 0.3) is 0 Å². The number of aromatic nitrogens is 2. The largest absolute Gasteiger partial charge is 0.461 e. The fraction of sp³-hybridized carbons (Fsp3) is 0.364. The highest BCUT2D eigenvalue weighted by Gasteiger charge is 2.26. The average Bonchev–Trinajstić information content (AvgIpc) is 2.87. The molecule has 0 saturated heterocycles. The number of halogens is 1. The molecule has 0 fully saturated rings. The van der Waals surface area contributed by atoms with Crippen molar-refractivity contribution in [3.8, 4) is 11.6 Å². The SMILES string of the molecule is OC1CCCc2c(Cl)nc(-c3ccco3)n21. The third kappa shape index (κ3) is 1.37. The van der Waals surface area contributed by atoms with Crippen molar-refractivity contribution in [3.63, 3.8) is 0 Å². The molecule has 0 aliphatic carbocycles. The minimum absolute atomic E-state index is 0.463. The van der Waals surface area contributed by atoms with Crippen molar-refractivity contribution in [3.05, 3.63) is 29.2 Å². The van der Waals surface area contributed by atoms with Crippen molar-refractivity contribution < 1.29 is 9.52 Å². The van der Waals surface area contributed by atoms with Crippen molar-refractivity contribution in [1.29, 1.82) is 0 Å². The van der Waals surface area contributed by atoms with E-state index in [9.17, 15) is 5.11 Å². The maximum absolute atomic E-state index is 9.98. The summed E-state index contributed by atoms with van der Waals surface area (Å²) in [6.45, 7) is 0. The Kier molecular flexibility index (Phi) is 2.26. The maximum Gasteiger partial charge on any atom is 0.180 e. The summed E-state index contributed by atoms with van der Waals surface area (Å²) in [6.07, 6.45) is 3.55. The molecule has 3 rings (SSSR count). The molecule has 1 unspecified atom stereocenters. The lowest BCUT2D eigenvalue weighted by Gasteiger charge is -2.22. The molecule has 1 aliphatic heterocycles. The maximum atomic E-state index is 9.98. The molecule has 1 N–H and O–H groups in total. The van der Waals surface area contributed by atoms with Crippen LogP contribution in [-0.2, 0) is 6.42 Å². The van der Waals surface area contributed by atoms with Gasteiger partial charge in [0.1, 0.15) is 6.23 Å². The molecule has 5 heteroatoms. The summed E-state index contributed by atoms with van der Waals surface area (Å²) in [5.74, 6) is 1.24. The van der Waals surface area contributed by atoms with E-state index in [4.69, 9.17) is 16.0 Å². The van der Waals surface area contributed by atoms with E-state index in [1.807, 2.05) is 6.07 Å². The fourth-order valence-corrected chi connectivity index (χ4v) is 2.41. The Bertz CT molecular complexity index is 504. The molecule has 0 spiro atoms. The Morgan fingerprint density at radius 2 is 2.44 bits per heavy atom. The first-order valence-electron chi connectivity index (χ1n) is 5.26. The molecule has 0 amide bonds. The zero-order valence-electron chi connectivity index (χ0n) is 8.56. The lowest BCUT2D eigenvalue weighted by Crippen LogP contribution is -2.17. The van der Waals surface area contributed by atoms with Gasteiger partial charge in [-0.2, -0.15) is 0 Å². The first-order valence-corrected chi connectivity index (χ1v) is 5.63. The first kappa shape index (κ1) is 9.93. The van der Waals surface area contributed by atoms with Gasteiger partial charge >= 0.3 is 0 Å². The predicted molar refractivity (Wildman–Crippen MR) is 59.1 cm³/mol. The monoisotopic (exact) mass is 238 g/mol. The molecule has 0 aromatic carbocycles. The number of rotatable bonds is 1. The summed E-state index contributed by atoms with van der Waals surface area (Å²) in [6, 6.07) is 3.60. The number of hydrogen-bond donors (Lipinski definition) is 1. The van der Waals surface area contributed by atoms with Crippen molar-refractivity contribution in [2.45, 2.75) is 25.5 Å². The minimum Gasteiger partial charge on any atom is -0.461 e. The van der Waals surface area contributed by atoms with Crippen LogP contribution in [0.15, 0.2) is 22.8 Å². The first-order chi connectivity index (χ1) is 7.77. The second-order valence-corrected chi connectivity index (χ2v) is 4.25. The lowest BCUT2D eigenvalue weighted by molar-refractivity contribution is 0.0803. The highest BCUT2D eigenvalue weighted by molar-refractivity contribution is 6.30. The predicted octanol–water partition coefficient (Wildman–Crippen LogP) is 2.62. The topological polar surface area (TPSA) is 51.2 Å². The smallest absolute Gasteiger partial charge is 0.180 e. The summed E-state index contributed by atoms with van der Waals surface area (Å²) in [7, 11) is 0. The zero-order valence-corrected chi connectivity index (χ0v) is 9.31. The Labute approximate surface area is 97.5 Å². The number of hydrogen-bond acceptors (Lipinski definition) is 3. The number of fused-ring (bicyclic) bond motifs is 1. The van der Waals surface area contributed by atoms with Gasteiger partial charge in [0.2, 0.25) is 0 Å². The van der Waals surface area contributed by atoms with E-state index in [2.05, 4.69) is 4.98 Å². The summed E-state index contributed by atoms with van der Waals surface area (Å²) in [4.78, 5) is 4.26. The number of nitrogens with zero attached hydrogens (tertiary/aromatic N) is 2. The number of furan rings is 1. The molecule has 0 bridgehead atoms. The van der Waals surface area contributed by atoms with E-state index in [1.165, 1.54) is 0 Å². The third-order valence-corrected chi connectivity index (χ3v) is 3.18. The quantitative estimate of drug-likeness (QED) is 0.831. The second-order valence-electron chi connectivity index (χ2n) is 3.89. The van der Waals surface area contributed by atoms with Crippen molar-refractivity contribution in [2.75, 3.05) is 0 Å². The molecule has 1 aliphatic rings. The summed E-state index contributed by atoms with van der Waals surface area (Å²) < 4.78 is 7.06. The zero-order chi connectivity index (χ0) is 11.1. The fourth-order valence-electron chi connectivity index (χ4n) is 2.14. The standard InChI is InChI=1S/C11H11ClN2O2/c12-10-7-3-1-5-9(15)14(7)11(13-10)8-4-2-6-16-8/h2,4,6,9,15H,1,3,5H2. The number of aliphatic hydroxyl groups excluding tert-OH is 1. The highest BCUT2D eigenvalue weighted by atomic mass is 35.5. The van der Waals surface area contributed by atoms with E-state index in [0.717, 1.165) is 25.0 Å². The van der Waals surface area contributed by atoms with Crippen LogP contribution in [0.2, 0.25) is 5.15 Å². The highest BCUT2D eigenvalue weighted by Crippen LogP contribution is 2.34. The van der Waals surface area contributed by atoms with E-state index >= 15 is 0 Å². The van der Waals surface area contributed by atoms with Gasteiger partial charge in [-0.15, -0.1) is 0 Å². The van der Waals surface area contributed by atoms with Crippen LogP contribution in [0.4, 0.5) is 0 Å². The molecule has 0 saturated carbocycles. The van der Waals surface area contributed by atoms with Crippen LogP contribution in [-0.4, -0.2) is 14.7 Å². The van der Waals surface area contributed by atoms with Crippen molar-refractivity contribution in [1.82, 2.24) is 9.55 Å². The molecule has 2 aromatic heterocycles. The van der Waals surface area contributed by atoms with Crippen LogP contribution in [0.3, 0.4) is 0 Å². The molecule has 84 valence electrons. The Morgan fingerprint density at radius 1 is 1.56 bits per heavy atom. The van der Waals surface area contributed by atoms with Crippen LogP contribution in [0.5, 0.6) is 0 Å². The Hall–Kier alpha value is -1.26. The lowest BCUT2D eigenvalue weighted by atomic mass is 10.1. The molecular formula is C11H11ClN2O2. The van der Waals surface area contributed by atoms with Gasteiger partial charge in [-0.1, -0.05) is 11.6 Å². The van der Waals surface area contributed by atoms with E-state index in [1.54, 1.807) is 16.9 Å². The molecule has 3 heterocycles. The molecule has 2 aromatic rings. The van der Waals surface area contributed by atoms with Gasteiger partial charge in [-0.25, -0.2) is 4.98 Å². The van der Waals surface area contributed by atoms with Gasteiger partial charge in [0.15, 0.2) is 16.7 Å². The average molecular weight is 239 g/mol. The van der Waals surface area contributed by atoms with Gasteiger partial charge in [0.05, 0.1) is 12.0 Å². The van der Waals surface area contributed by atoms with E-state index in [0.29, 0.717) is 16.7 Å². The second kappa shape index (κ2) is 3.64. The summed E-state index contributed by atoms with van der Waals surface area (Å²) >= 11 is 6.06. The van der Waals surface area contributed by atoms with Crippen LogP contribution >= 0.6 is 11.6 Å². The van der Waals surface area contributed by atoms with Crippen LogP contribution in [0, 0.1) is 0 Å². The van der Waals surface area contributed by atoms with Gasteiger partial charge in [-0.3, -0.25) is 4.57 Å². The van der Waals surface area contributed by atoms with Gasteiger partial charge in [-0.05, 0) is 31.4 Å². The number of imidazole rings is 1. The van der Waals surface area contributed by atoms with Gasteiger partial charge < -0.3 is 9.52 Å². The Morgan fingerprint density at radius 3 is 3.19 bits per heavy atom. The van der Waals surface area contributed by atoms with E-state index < -0.39 is 6.23 Å². The van der Waals surface area contributed by atoms with Crippen LogP contribution < -0.4 is 0 Å². The summed E-state index contributed by atoms with van der Waals surface area (Å²) in [5, 5.41) is 10.4.